The van der Waals surface area contributed by atoms with Gasteiger partial charge in [-0.25, -0.2) is 8.61 Å². The molecular weight excluding hydrogens is 194 g/mol. The summed E-state index contributed by atoms with van der Waals surface area (Å²) in [5.74, 6) is 0. The van der Waals surface area contributed by atoms with Crippen molar-refractivity contribution < 1.29 is 4.21 Å². The molecule has 0 aromatic heterocycles. The molecule has 0 radical (unpaired) electrons. The van der Waals surface area contributed by atoms with Gasteiger partial charge in [0.15, 0.2) is 0 Å². The van der Waals surface area contributed by atoms with Crippen LogP contribution in [-0.2, 0) is 11.9 Å². The molecule has 2 nitrogen and oxygen atoms in total. The summed E-state index contributed by atoms with van der Waals surface area (Å²) in [7, 11) is 0. The van der Waals surface area contributed by atoms with Gasteiger partial charge in [-0.15, -0.1) is 0 Å². The van der Waals surface area contributed by atoms with Gasteiger partial charge in [-0.1, -0.05) is 42.5 Å². The van der Waals surface area contributed by atoms with Crippen LogP contribution in [-0.4, -0.2) is 10.4 Å². The second kappa shape index (κ2) is 7.21. The first-order valence-corrected chi connectivity index (χ1v) is 5.25. The molecule has 74 valence electrons. The van der Waals surface area contributed by atoms with Crippen molar-refractivity contribution >= 4 is 18.1 Å². The molecule has 0 heterocycles. The van der Waals surface area contributed by atoms with Crippen LogP contribution in [0.3, 0.4) is 0 Å². The zero-order valence-corrected chi connectivity index (χ0v) is 8.73. The van der Waals surface area contributed by atoms with Crippen LogP contribution >= 0.6 is 0 Å². The number of hydrogen-bond acceptors (Lipinski definition) is 1. The zero-order valence-electron chi connectivity index (χ0n) is 7.84. The SMILES string of the molecule is O=[SH]/N=C/CCC1=C/C=C\C=C/C=C\1. The minimum atomic E-state index is -0.158. The molecule has 0 spiro atoms. The van der Waals surface area contributed by atoms with Crippen molar-refractivity contribution in [1.29, 1.82) is 0 Å². The topological polar surface area (TPSA) is 29.4 Å². The van der Waals surface area contributed by atoms with Crippen LogP contribution in [0.15, 0.2) is 52.5 Å². The summed E-state index contributed by atoms with van der Waals surface area (Å²) >= 11 is -0.158. The first kappa shape index (κ1) is 10.9. The second-order valence-corrected chi connectivity index (χ2v) is 3.18. The molecule has 0 atom stereocenters. The molecule has 0 amide bonds. The van der Waals surface area contributed by atoms with E-state index < -0.39 is 0 Å². The minimum Gasteiger partial charge on any atom is -0.238 e. The second-order valence-electron chi connectivity index (χ2n) is 2.79. The van der Waals surface area contributed by atoms with Crippen LogP contribution in [0.1, 0.15) is 12.8 Å². The Morgan fingerprint density at radius 1 is 1.21 bits per heavy atom. The summed E-state index contributed by atoms with van der Waals surface area (Å²) in [6, 6.07) is 0. The summed E-state index contributed by atoms with van der Waals surface area (Å²) in [5.41, 5.74) is 1.25. The van der Waals surface area contributed by atoms with E-state index in [4.69, 9.17) is 0 Å². The van der Waals surface area contributed by atoms with Gasteiger partial charge in [-0.05, 0) is 18.4 Å². The van der Waals surface area contributed by atoms with Crippen molar-refractivity contribution in [2.24, 2.45) is 4.40 Å². The van der Waals surface area contributed by atoms with E-state index in [0.29, 0.717) is 0 Å². The number of rotatable bonds is 4. The summed E-state index contributed by atoms with van der Waals surface area (Å²) in [6.07, 6.45) is 17.6. The van der Waals surface area contributed by atoms with Crippen molar-refractivity contribution in [2.75, 3.05) is 0 Å². The Balaban J connectivity index is 2.43. The fraction of sp³-hybridized carbons (Fsp3) is 0.182. The lowest BCUT2D eigenvalue weighted by Crippen LogP contribution is -1.82. The van der Waals surface area contributed by atoms with E-state index in [1.54, 1.807) is 6.21 Å². The first-order valence-electron chi connectivity index (χ1n) is 4.48. The van der Waals surface area contributed by atoms with Crippen LogP contribution in [0, 0.1) is 0 Å². The van der Waals surface area contributed by atoms with E-state index in [-0.39, 0.29) is 11.9 Å². The molecule has 1 aliphatic rings. The van der Waals surface area contributed by atoms with Crippen LogP contribution in [0.2, 0.25) is 0 Å². The predicted octanol–water partition coefficient (Wildman–Crippen LogP) is 2.31. The van der Waals surface area contributed by atoms with Gasteiger partial charge in [-0.3, -0.25) is 0 Å². The van der Waals surface area contributed by atoms with Crippen LogP contribution in [0.5, 0.6) is 0 Å². The molecule has 1 aliphatic carbocycles. The quantitative estimate of drug-likeness (QED) is 0.556. The van der Waals surface area contributed by atoms with Crippen molar-refractivity contribution in [3.63, 3.8) is 0 Å². The van der Waals surface area contributed by atoms with Gasteiger partial charge >= 0.3 is 0 Å². The molecule has 0 unspecified atom stereocenters. The average Bonchev–Trinajstić information content (AvgIpc) is 2.15. The highest BCUT2D eigenvalue weighted by molar-refractivity contribution is 7.64. The first-order chi connectivity index (χ1) is 6.93. The lowest BCUT2D eigenvalue weighted by molar-refractivity contribution is 0.695. The van der Waals surface area contributed by atoms with Gasteiger partial charge in [0.2, 0.25) is 0 Å². The molecule has 0 saturated heterocycles. The van der Waals surface area contributed by atoms with Crippen molar-refractivity contribution in [1.82, 2.24) is 0 Å². The third kappa shape index (κ3) is 4.72. The molecule has 0 fully saturated rings. The monoisotopic (exact) mass is 207 g/mol. The highest BCUT2D eigenvalue weighted by Crippen LogP contribution is 2.07. The third-order valence-electron chi connectivity index (χ3n) is 1.76. The van der Waals surface area contributed by atoms with Crippen LogP contribution in [0.25, 0.3) is 0 Å². The Morgan fingerprint density at radius 3 is 2.86 bits per heavy atom. The number of nitrogens with zero attached hydrogens (tertiary/aromatic N) is 1. The van der Waals surface area contributed by atoms with Crippen LogP contribution in [0.4, 0.5) is 0 Å². The minimum absolute atomic E-state index is 0.158. The normalized spacial score (nSPS) is 26.1. The predicted molar refractivity (Wildman–Crippen MR) is 62.8 cm³/mol. The third-order valence-corrected chi connectivity index (χ3v) is 2.01. The van der Waals surface area contributed by atoms with Crippen molar-refractivity contribution in [3.05, 3.63) is 48.1 Å². The van der Waals surface area contributed by atoms with Gasteiger partial charge < -0.3 is 0 Å². The molecule has 3 heteroatoms. The number of thiol groups is 1. The van der Waals surface area contributed by atoms with Gasteiger partial charge in [0.25, 0.3) is 0 Å². The molecule has 0 aromatic rings. The molecule has 0 saturated carbocycles. The summed E-state index contributed by atoms with van der Waals surface area (Å²) in [4.78, 5) is 0. The molecule has 1 rings (SSSR count). The van der Waals surface area contributed by atoms with Gasteiger partial charge in [0.05, 0.1) is 0 Å². The molecular formula is C11H13NOS. The Morgan fingerprint density at radius 2 is 2.00 bits per heavy atom. The summed E-state index contributed by atoms with van der Waals surface area (Å²) in [6.45, 7) is 0. The zero-order chi connectivity index (χ0) is 10.1. The Bertz CT molecular complexity index is 324. The van der Waals surface area contributed by atoms with Gasteiger partial charge in [0, 0.05) is 6.21 Å². The molecule has 0 aromatic carbocycles. The van der Waals surface area contributed by atoms with Gasteiger partial charge in [0.1, 0.15) is 11.9 Å². The smallest absolute Gasteiger partial charge is 0.125 e. The fourth-order valence-electron chi connectivity index (χ4n) is 1.10. The van der Waals surface area contributed by atoms with Crippen molar-refractivity contribution in [3.8, 4) is 0 Å². The maximum Gasteiger partial charge on any atom is 0.125 e. The van der Waals surface area contributed by atoms with Gasteiger partial charge in [-0.2, -0.15) is 0 Å². The maximum atomic E-state index is 10.0. The lowest BCUT2D eigenvalue weighted by Gasteiger charge is -1.97. The van der Waals surface area contributed by atoms with Crippen LogP contribution < -0.4 is 0 Å². The average molecular weight is 207 g/mol. The molecule has 14 heavy (non-hydrogen) atoms. The Labute approximate surface area is 88.1 Å². The van der Waals surface area contributed by atoms with E-state index in [2.05, 4.69) is 16.5 Å². The Kier molecular flexibility index (Phi) is 5.59. The van der Waals surface area contributed by atoms with E-state index in [9.17, 15) is 4.21 Å². The molecule has 0 N–H and O–H groups in total. The number of allylic oxidation sites excluding steroid dienone is 8. The van der Waals surface area contributed by atoms with Crippen molar-refractivity contribution in [2.45, 2.75) is 12.8 Å². The maximum absolute atomic E-state index is 10.0. The fourth-order valence-corrected chi connectivity index (χ4v) is 1.28. The van der Waals surface area contributed by atoms with E-state index >= 15 is 0 Å². The Hall–Kier alpha value is -1.22. The summed E-state index contributed by atoms with van der Waals surface area (Å²) < 4.78 is 13.6. The molecule has 0 aliphatic heterocycles. The highest BCUT2D eigenvalue weighted by atomic mass is 32.2. The summed E-state index contributed by atoms with van der Waals surface area (Å²) in [5, 5.41) is 0. The van der Waals surface area contributed by atoms with E-state index in [1.807, 2.05) is 30.4 Å². The lowest BCUT2D eigenvalue weighted by atomic mass is 10.1. The largest absolute Gasteiger partial charge is 0.238 e. The number of hydrogen-bond donors (Lipinski definition) is 1. The van der Waals surface area contributed by atoms with E-state index in [0.717, 1.165) is 12.8 Å². The molecule has 0 bridgehead atoms. The standard InChI is InChI=1S/C11H13NOS/c13-14-12-10-6-9-11-7-4-2-1-3-5-8-11/h1-5,7-8,10,14H,6,9H2/b2-1-,3-1?,4-2?,5-3-,7-4-,8-5?,11-7?,11-8+,12-10+. The van der Waals surface area contributed by atoms with E-state index in [1.165, 1.54) is 5.57 Å². The highest BCUT2D eigenvalue weighted by Gasteiger charge is 1.90.